The molecule has 0 fully saturated rings. The number of hydroxylamine groups is 1. The van der Waals surface area contributed by atoms with Crippen molar-refractivity contribution in [3.05, 3.63) is 47.5 Å². The van der Waals surface area contributed by atoms with Gasteiger partial charge in [0.2, 0.25) is 5.96 Å². The summed E-state index contributed by atoms with van der Waals surface area (Å²) in [4.78, 5) is 20.0. The van der Waals surface area contributed by atoms with Crippen LogP contribution in [0.5, 0.6) is 0 Å². The number of anilines is 2. The van der Waals surface area contributed by atoms with E-state index in [0.717, 1.165) is 9.96 Å². The Balaban J connectivity index is 2.44. The molecule has 2 aromatic carbocycles. The number of hydrogen-bond donors (Lipinski definition) is 1. The van der Waals surface area contributed by atoms with Crippen LogP contribution in [-0.2, 0) is 20.4 Å². The summed E-state index contributed by atoms with van der Waals surface area (Å²) in [6.45, 7) is 1.26. The fraction of sp³-hybridized carbons (Fsp3) is 0.222. The van der Waals surface area contributed by atoms with Gasteiger partial charge in [-0.3, -0.25) is 9.62 Å². The molecule has 0 aliphatic carbocycles. The molecule has 27 heavy (non-hydrogen) atoms. The zero-order valence-corrected chi connectivity index (χ0v) is 17.7. The van der Waals surface area contributed by atoms with Crippen molar-refractivity contribution in [2.45, 2.75) is 16.7 Å². The van der Waals surface area contributed by atoms with Gasteiger partial charge in [0.25, 0.3) is 0 Å². The normalized spacial score (nSPS) is 11.6. The first-order valence-electron chi connectivity index (χ1n) is 7.82. The molecule has 1 atom stereocenters. The predicted molar refractivity (Wildman–Crippen MR) is 112 cm³/mol. The first-order chi connectivity index (χ1) is 12.7. The largest absolute Gasteiger partial charge is 0.333 e. The molecule has 144 valence electrons. The van der Waals surface area contributed by atoms with Crippen LogP contribution >= 0.6 is 23.4 Å². The van der Waals surface area contributed by atoms with Gasteiger partial charge < -0.3 is 9.74 Å². The minimum atomic E-state index is -1.15. The first-order valence-corrected chi connectivity index (χ1v) is 11.0. The highest BCUT2D eigenvalue weighted by Gasteiger charge is 2.23. The highest BCUT2D eigenvalue weighted by atomic mass is 35.5. The number of guanidine groups is 1. The minimum absolute atomic E-state index is 0.121. The third kappa shape index (κ3) is 5.24. The van der Waals surface area contributed by atoms with E-state index in [9.17, 15) is 9.00 Å². The van der Waals surface area contributed by atoms with E-state index in [1.165, 1.54) is 23.6 Å². The summed E-state index contributed by atoms with van der Waals surface area (Å²) < 4.78 is 11.7. The molecule has 1 unspecified atom stereocenters. The van der Waals surface area contributed by atoms with Crippen LogP contribution in [0, 0.1) is 5.41 Å². The summed E-state index contributed by atoms with van der Waals surface area (Å²) >= 11 is 7.80. The third-order valence-electron chi connectivity index (χ3n) is 3.64. The molecule has 0 amide bonds. The molecule has 2 rings (SSSR count). The average Bonchev–Trinajstić information content (AvgIpc) is 2.65. The third-order valence-corrected chi connectivity index (χ3v) is 5.60. The van der Waals surface area contributed by atoms with E-state index in [2.05, 4.69) is 0 Å². The van der Waals surface area contributed by atoms with Gasteiger partial charge in [0.1, 0.15) is 5.69 Å². The quantitative estimate of drug-likeness (QED) is 0.343. The first kappa shape index (κ1) is 21.3. The van der Waals surface area contributed by atoms with E-state index in [0.29, 0.717) is 21.3 Å². The van der Waals surface area contributed by atoms with Crippen LogP contribution < -0.4 is 9.96 Å². The van der Waals surface area contributed by atoms with E-state index < -0.39 is 16.8 Å². The Labute approximate surface area is 170 Å². The van der Waals surface area contributed by atoms with E-state index in [1.54, 1.807) is 49.7 Å². The predicted octanol–water partition coefficient (Wildman–Crippen LogP) is 4.15. The Morgan fingerprint density at radius 2 is 1.96 bits per heavy atom. The maximum absolute atomic E-state index is 11.7. The Hall–Kier alpha value is -2.03. The van der Waals surface area contributed by atoms with Gasteiger partial charge in [0.15, 0.2) is 0 Å². The molecule has 0 aliphatic heterocycles. The molecular weight excluding hydrogens is 406 g/mol. The molecule has 0 radical (unpaired) electrons. The lowest BCUT2D eigenvalue weighted by Crippen LogP contribution is -2.43. The number of thioether (sulfide) groups is 1. The van der Waals surface area contributed by atoms with E-state index in [1.807, 2.05) is 12.3 Å². The number of benzene rings is 2. The number of halogens is 1. The summed E-state index contributed by atoms with van der Waals surface area (Å²) in [5.74, 6) is -0.702. The Morgan fingerprint density at radius 1 is 1.26 bits per heavy atom. The molecule has 0 saturated heterocycles. The molecule has 0 aliphatic rings. The van der Waals surface area contributed by atoms with E-state index >= 15 is 0 Å². The number of nitrogens with zero attached hydrogens (tertiary/aromatic N) is 2. The van der Waals surface area contributed by atoms with Gasteiger partial charge in [-0.05, 0) is 42.7 Å². The smallest absolute Gasteiger partial charge is 0.330 e. The van der Waals surface area contributed by atoms with Crippen molar-refractivity contribution in [3.8, 4) is 0 Å². The second-order valence-electron chi connectivity index (χ2n) is 5.53. The van der Waals surface area contributed by atoms with Crippen LogP contribution in [0.4, 0.5) is 11.4 Å². The summed E-state index contributed by atoms with van der Waals surface area (Å²) in [7, 11) is 0.503. The second kappa shape index (κ2) is 9.25. The minimum Gasteiger partial charge on any atom is -0.333 e. The van der Waals surface area contributed by atoms with Crippen LogP contribution in [0.15, 0.2) is 52.3 Å². The monoisotopic (exact) mass is 425 g/mol. The Kier molecular flexibility index (Phi) is 7.29. The fourth-order valence-corrected chi connectivity index (χ4v) is 3.42. The molecular formula is C18H20ClN3O3S2. The van der Waals surface area contributed by atoms with Crippen molar-refractivity contribution < 1.29 is 13.8 Å². The van der Waals surface area contributed by atoms with Gasteiger partial charge in [-0.25, -0.2) is 4.79 Å². The van der Waals surface area contributed by atoms with Gasteiger partial charge in [0, 0.05) is 46.5 Å². The van der Waals surface area contributed by atoms with Crippen molar-refractivity contribution in [1.29, 1.82) is 5.41 Å². The van der Waals surface area contributed by atoms with Gasteiger partial charge in [0.05, 0.1) is 5.02 Å². The zero-order valence-electron chi connectivity index (χ0n) is 15.4. The molecule has 2 aromatic rings. The van der Waals surface area contributed by atoms with E-state index in [-0.39, 0.29) is 5.96 Å². The van der Waals surface area contributed by atoms with Crippen molar-refractivity contribution >= 4 is 57.5 Å². The lowest BCUT2D eigenvalue weighted by Gasteiger charge is -2.30. The van der Waals surface area contributed by atoms with Crippen molar-refractivity contribution in [2.75, 3.05) is 29.5 Å². The molecule has 0 spiro atoms. The van der Waals surface area contributed by atoms with Gasteiger partial charge in [-0.1, -0.05) is 17.7 Å². The molecule has 6 nitrogen and oxygen atoms in total. The maximum Gasteiger partial charge on any atom is 0.330 e. The SMILES string of the molecule is CSc1ccc(Cl)c(N(OC(C)=O)C(=N)N(C)c2cccc(S(C)=O)c2)c1. The van der Waals surface area contributed by atoms with Crippen LogP contribution in [0.1, 0.15) is 6.92 Å². The van der Waals surface area contributed by atoms with Crippen LogP contribution in [0.25, 0.3) is 0 Å². The Bertz CT molecular complexity index is 892. The summed E-state index contributed by atoms with van der Waals surface area (Å²) in [6.07, 6.45) is 3.50. The van der Waals surface area contributed by atoms with Crippen molar-refractivity contribution in [1.82, 2.24) is 0 Å². The lowest BCUT2D eigenvalue weighted by atomic mass is 10.3. The van der Waals surface area contributed by atoms with Crippen molar-refractivity contribution in [2.24, 2.45) is 0 Å². The zero-order chi connectivity index (χ0) is 20.1. The summed E-state index contributed by atoms with van der Waals surface area (Å²) in [6, 6.07) is 12.3. The van der Waals surface area contributed by atoms with Crippen LogP contribution in [0.2, 0.25) is 5.02 Å². The van der Waals surface area contributed by atoms with Gasteiger partial charge in [-0.2, -0.15) is 0 Å². The van der Waals surface area contributed by atoms with Gasteiger partial charge in [-0.15, -0.1) is 16.8 Å². The molecule has 0 saturated carbocycles. The second-order valence-corrected chi connectivity index (χ2v) is 8.20. The Morgan fingerprint density at radius 3 is 2.56 bits per heavy atom. The number of carbonyl (C=O) groups is 1. The molecule has 0 aromatic heterocycles. The fourth-order valence-electron chi connectivity index (χ4n) is 2.24. The maximum atomic E-state index is 11.7. The summed E-state index contributed by atoms with van der Waals surface area (Å²) in [5, 5.41) is 9.98. The van der Waals surface area contributed by atoms with E-state index in [4.69, 9.17) is 21.8 Å². The highest BCUT2D eigenvalue weighted by molar-refractivity contribution is 7.98. The van der Waals surface area contributed by atoms with Crippen LogP contribution in [-0.4, -0.2) is 35.7 Å². The molecule has 9 heteroatoms. The average molecular weight is 426 g/mol. The molecule has 1 N–H and O–H groups in total. The number of nitrogens with one attached hydrogen (secondary N) is 1. The number of carbonyl (C=O) groups excluding carboxylic acids is 1. The molecule has 0 heterocycles. The lowest BCUT2D eigenvalue weighted by molar-refractivity contribution is -0.140. The van der Waals surface area contributed by atoms with Crippen molar-refractivity contribution in [3.63, 3.8) is 0 Å². The topological polar surface area (TPSA) is 73.7 Å². The molecule has 0 bridgehead atoms. The van der Waals surface area contributed by atoms with Gasteiger partial charge >= 0.3 is 5.97 Å². The number of rotatable bonds is 4. The van der Waals surface area contributed by atoms with Crippen LogP contribution in [0.3, 0.4) is 0 Å². The summed E-state index contributed by atoms with van der Waals surface area (Å²) in [5.41, 5.74) is 1.01. The highest BCUT2D eigenvalue weighted by Crippen LogP contribution is 2.32. The number of hydrogen-bond acceptors (Lipinski definition) is 5. The standard InChI is InChI=1S/C18H20ClN3O3S2/c1-12(23)25-22(17-11-14(26-3)8-9-16(17)19)18(20)21(2)13-6-5-7-15(10-13)27(4)24/h5-11,20H,1-4H3.